The lowest BCUT2D eigenvalue weighted by Crippen LogP contribution is -2.46. The molecule has 1 aliphatic carbocycles. The molecule has 0 unspecified atom stereocenters. The van der Waals surface area contributed by atoms with Gasteiger partial charge < -0.3 is 25.4 Å². The van der Waals surface area contributed by atoms with Crippen LogP contribution in [0.5, 0.6) is 0 Å². The summed E-state index contributed by atoms with van der Waals surface area (Å²) in [5.74, 6) is 0.892. The number of benzene rings is 1. The van der Waals surface area contributed by atoms with Crippen LogP contribution >= 0.6 is 24.0 Å². The van der Waals surface area contributed by atoms with Gasteiger partial charge in [0.1, 0.15) is 0 Å². The summed E-state index contributed by atoms with van der Waals surface area (Å²) in [6.07, 6.45) is 5.00. The van der Waals surface area contributed by atoms with Crippen LogP contribution in [0.3, 0.4) is 0 Å². The first-order valence-corrected chi connectivity index (χ1v) is 10.0. The van der Waals surface area contributed by atoms with E-state index in [0.717, 1.165) is 44.3 Å². The second-order valence-corrected chi connectivity index (χ2v) is 7.26. The van der Waals surface area contributed by atoms with Gasteiger partial charge in [0, 0.05) is 46.1 Å². The fourth-order valence-corrected chi connectivity index (χ4v) is 3.32. The molecule has 0 aliphatic heterocycles. The summed E-state index contributed by atoms with van der Waals surface area (Å²) in [7, 11) is 3.49. The highest BCUT2D eigenvalue weighted by Crippen LogP contribution is 2.43. The van der Waals surface area contributed by atoms with Crippen LogP contribution in [0.15, 0.2) is 29.3 Å². The monoisotopic (exact) mass is 504 g/mol. The molecule has 0 aromatic heterocycles. The van der Waals surface area contributed by atoms with Crippen LogP contribution in [-0.4, -0.2) is 53.0 Å². The molecule has 6 nitrogen and oxygen atoms in total. The lowest BCUT2D eigenvalue weighted by atomic mass is 9.67. The molecular weight excluding hydrogens is 467 g/mol. The van der Waals surface area contributed by atoms with E-state index < -0.39 is 0 Å². The smallest absolute Gasteiger partial charge is 0.191 e. The third kappa shape index (κ3) is 8.53. The predicted molar refractivity (Wildman–Crippen MR) is 128 cm³/mol. The Labute approximate surface area is 187 Å². The summed E-state index contributed by atoms with van der Waals surface area (Å²) in [6.45, 7) is 6.94. The number of hydrogen-bond donors (Lipinski definition) is 3. The highest BCUT2D eigenvalue weighted by molar-refractivity contribution is 14.0. The molecule has 0 bridgehead atoms. The lowest BCUT2D eigenvalue weighted by Gasteiger charge is -2.42. The van der Waals surface area contributed by atoms with Gasteiger partial charge in [-0.2, -0.15) is 0 Å². The molecule has 0 amide bonds. The van der Waals surface area contributed by atoms with Crippen molar-refractivity contribution in [1.82, 2.24) is 10.6 Å². The first kappa shape index (κ1) is 25.0. The Morgan fingerprint density at radius 3 is 2.36 bits per heavy atom. The van der Waals surface area contributed by atoms with Crippen LogP contribution in [0, 0.1) is 5.41 Å². The van der Waals surface area contributed by atoms with Gasteiger partial charge in [0.15, 0.2) is 5.96 Å². The molecule has 1 fully saturated rings. The average Bonchev–Trinajstić information content (AvgIpc) is 2.66. The molecular formula is C21H37IN4O2. The van der Waals surface area contributed by atoms with Gasteiger partial charge in [0.2, 0.25) is 0 Å². The number of rotatable bonds is 12. The van der Waals surface area contributed by atoms with E-state index in [-0.39, 0.29) is 24.0 Å². The Kier molecular flexibility index (Phi) is 12.5. The third-order valence-corrected chi connectivity index (χ3v) is 5.23. The van der Waals surface area contributed by atoms with Gasteiger partial charge in [-0.15, -0.1) is 24.0 Å². The normalized spacial score (nSPS) is 15.3. The Morgan fingerprint density at radius 1 is 1.07 bits per heavy atom. The van der Waals surface area contributed by atoms with Crippen LogP contribution in [0.2, 0.25) is 0 Å². The average molecular weight is 504 g/mol. The van der Waals surface area contributed by atoms with E-state index in [0.29, 0.717) is 18.6 Å². The summed E-state index contributed by atoms with van der Waals surface area (Å²) < 4.78 is 10.3. The number of guanidine groups is 1. The number of aliphatic imine (C=N–C) groups is 1. The van der Waals surface area contributed by atoms with Gasteiger partial charge in [-0.1, -0.05) is 18.6 Å². The molecule has 3 N–H and O–H groups in total. The molecule has 28 heavy (non-hydrogen) atoms. The number of halogens is 1. The number of hydrogen-bond acceptors (Lipinski definition) is 4. The van der Waals surface area contributed by atoms with Crippen molar-refractivity contribution in [3.8, 4) is 0 Å². The van der Waals surface area contributed by atoms with Crippen molar-refractivity contribution in [2.75, 3.05) is 52.4 Å². The van der Waals surface area contributed by atoms with Gasteiger partial charge in [0.05, 0.1) is 13.2 Å². The van der Waals surface area contributed by atoms with Crippen molar-refractivity contribution in [1.29, 1.82) is 0 Å². The molecule has 1 aliphatic rings. The van der Waals surface area contributed by atoms with E-state index in [1.54, 1.807) is 14.2 Å². The van der Waals surface area contributed by atoms with Crippen LogP contribution in [0.4, 0.5) is 5.69 Å². The van der Waals surface area contributed by atoms with E-state index in [1.807, 2.05) is 0 Å². The summed E-state index contributed by atoms with van der Waals surface area (Å²) >= 11 is 0. The molecule has 0 spiro atoms. The standard InChI is InChI=1S/C21H36N4O2.HI/c1-4-22-20(25-17-21(10-5-11-21)12-14-26-2)24-16-18-6-8-19(9-7-18)23-13-15-27-3;/h6-9,23H,4-5,10-17H2,1-3H3,(H2,22,24,25);1H. The fraction of sp³-hybridized carbons (Fsp3) is 0.667. The zero-order chi connectivity index (χ0) is 19.4. The topological polar surface area (TPSA) is 66.9 Å². The van der Waals surface area contributed by atoms with Crippen molar-refractivity contribution >= 4 is 35.6 Å². The lowest BCUT2D eigenvalue weighted by molar-refractivity contribution is 0.0732. The zero-order valence-electron chi connectivity index (χ0n) is 17.6. The van der Waals surface area contributed by atoms with Gasteiger partial charge in [-0.3, -0.25) is 0 Å². The Morgan fingerprint density at radius 2 is 1.79 bits per heavy atom. The molecule has 1 saturated carbocycles. The first-order chi connectivity index (χ1) is 13.2. The maximum Gasteiger partial charge on any atom is 0.191 e. The van der Waals surface area contributed by atoms with Crippen LogP contribution in [-0.2, 0) is 16.0 Å². The van der Waals surface area contributed by atoms with Crippen molar-refractivity contribution in [2.24, 2.45) is 10.4 Å². The van der Waals surface area contributed by atoms with E-state index in [1.165, 1.54) is 24.8 Å². The van der Waals surface area contributed by atoms with E-state index >= 15 is 0 Å². The predicted octanol–water partition coefficient (Wildman–Crippen LogP) is 3.62. The molecule has 0 atom stereocenters. The highest BCUT2D eigenvalue weighted by Gasteiger charge is 2.36. The van der Waals surface area contributed by atoms with Crippen molar-refractivity contribution < 1.29 is 9.47 Å². The SMILES string of the molecule is CCNC(=NCc1ccc(NCCOC)cc1)NCC1(CCOC)CCC1.I. The molecule has 1 aromatic rings. The van der Waals surface area contributed by atoms with Gasteiger partial charge >= 0.3 is 0 Å². The highest BCUT2D eigenvalue weighted by atomic mass is 127. The molecule has 0 radical (unpaired) electrons. The Balaban J connectivity index is 0.00000392. The quantitative estimate of drug-likeness (QED) is 0.176. The maximum absolute atomic E-state index is 5.29. The second kappa shape index (κ2) is 14.0. The zero-order valence-corrected chi connectivity index (χ0v) is 19.9. The number of methoxy groups -OCH3 is 2. The van der Waals surface area contributed by atoms with Gasteiger partial charge in [-0.25, -0.2) is 4.99 Å². The summed E-state index contributed by atoms with van der Waals surface area (Å²) in [5, 5.41) is 10.2. The summed E-state index contributed by atoms with van der Waals surface area (Å²) in [5.41, 5.74) is 2.68. The van der Waals surface area contributed by atoms with Crippen LogP contribution < -0.4 is 16.0 Å². The van der Waals surface area contributed by atoms with Crippen molar-refractivity contribution in [3.63, 3.8) is 0 Å². The number of ether oxygens (including phenoxy) is 2. The summed E-state index contributed by atoms with van der Waals surface area (Å²) in [4.78, 5) is 4.75. The minimum atomic E-state index is 0. The van der Waals surface area contributed by atoms with E-state index in [4.69, 9.17) is 14.5 Å². The van der Waals surface area contributed by atoms with Crippen molar-refractivity contribution in [2.45, 2.75) is 39.2 Å². The minimum Gasteiger partial charge on any atom is -0.385 e. The Bertz CT molecular complexity index is 562. The number of anilines is 1. The van der Waals surface area contributed by atoms with Gasteiger partial charge in [-0.05, 0) is 49.3 Å². The molecule has 1 aromatic carbocycles. The minimum absolute atomic E-state index is 0. The molecule has 0 heterocycles. The fourth-order valence-electron chi connectivity index (χ4n) is 3.32. The second-order valence-electron chi connectivity index (χ2n) is 7.26. The third-order valence-electron chi connectivity index (χ3n) is 5.23. The Hall–Kier alpha value is -1.06. The first-order valence-electron chi connectivity index (χ1n) is 10.0. The largest absolute Gasteiger partial charge is 0.385 e. The summed E-state index contributed by atoms with van der Waals surface area (Å²) in [6, 6.07) is 8.42. The number of nitrogens with one attached hydrogen (secondary N) is 3. The molecule has 160 valence electrons. The van der Waals surface area contributed by atoms with Crippen molar-refractivity contribution in [3.05, 3.63) is 29.8 Å². The maximum atomic E-state index is 5.29. The van der Waals surface area contributed by atoms with Crippen LogP contribution in [0.25, 0.3) is 0 Å². The van der Waals surface area contributed by atoms with Gasteiger partial charge in [0.25, 0.3) is 0 Å². The number of nitrogens with zero attached hydrogens (tertiary/aromatic N) is 1. The van der Waals surface area contributed by atoms with E-state index in [9.17, 15) is 0 Å². The van der Waals surface area contributed by atoms with Crippen LogP contribution in [0.1, 0.15) is 38.2 Å². The molecule has 2 rings (SSSR count). The molecule has 0 saturated heterocycles. The van der Waals surface area contributed by atoms with E-state index in [2.05, 4.69) is 47.1 Å². The molecule has 7 heteroatoms.